The lowest BCUT2D eigenvalue weighted by atomic mass is 10.1. The number of halogens is 4. The van der Waals surface area contributed by atoms with Gasteiger partial charge in [-0.2, -0.15) is 0 Å². The van der Waals surface area contributed by atoms with Gasteiger partial charge in [-0.1, -0.05) is 11.6 Å². The minimum atomic E-state index is -0.840. The first kappa shape index (κ1) is 12.6. The van der Waals surface area contributed by atoms with Gasteiger partial charge in [0.25, 0.3) is 0 Å². The molecular formula is C8H9Cl2F2N. The van der Waals surface area contributed by atoms with Crippen molar-refractivity contribution in [2.75, 3.05) is 6.67 Å². The van der Waals surface area contributed by atoms with Gasteiger partial charge in [0.15, 0.2) is 0 Å². The van der Waals surface area contributed by atoms with Crippen LogP contribution in [0.25, 0.3) is 0 Å². The first-order valence-electron chi connectivity index (χ1n) is 3.41. The van der Waals surface area contributed by atoms with Gasteiger partial charge in [0.1, 0.15) is 12.5 Å². The molecule has 0 aliphatic heterocycles. The third-order valence-corrected chi connectivity index (χ3v) is 1.87. The van der Waals surface area contributed by atoms with Crippen LogP contribution in [0.15, 0.2) is 18.2 Å². The van der Waals surface area contributed by atoms with E-state index < -0.39 is 18.5 Å². The largest absolute Gasteiger partial charge is 0.322 e. The molecule has 0 aromatic heterocycles. The van der Waals surface area contributed by atoms with Crippen molar-refractivity contribution in [3.05, 3.63) is 34.6 Å². The monoisotopic (exact) mass is 227 g/mol. The summed E-state index contributed by atoms with van der Waals surface area (Å²) in [4.78, 5) is 0. The van der Waals surface area contributed by atoms with Gasteiger partial charge >= 0.3 is 0 Å². The third-order valence-electron chi connectivity index (χ3n) is 1.52. The van der Waals surface area contributed by atoms with Gasteiger partial charge in [-0.05, 0) is 23.8 Å². The Hall–Kier alpha value is -0.380. The van der Waals surface area contributed by atoms with E-state index in [2.05, 4.69) is 0 Å². The Balaban J connectivity index is 0.00000144. The lowest BCUT2D eigenvalue weighted by Gasteiger charge is -2.08. The van der Waals surface area contributed by atoms with E-state index in [4.69, 9.17) is 17.3 Å². The molecule has 0 radical (unpaired) electrons. The van der Waals surface area contributed by atoms with Crippen LogP contribution in [0.4, 0.5) is 8.78 Å². The number of hydrogen-bond acceptors (Lipinski definition) is 1. The van der Waals surface area contributed by atoms with Crippen molar-refractivity contribution in [3.8, 4) is 0 Å². The van der Waals surface area contributed by atoms with Gasteiger partial charge < -0.3 is 5.73 Å². The summed E-state index contributed by atoms with van der Waals surface area (Å²) in [6.07, 6.45) is 0. The van der Waals surface area contributed by atoms with Crippen molar-refractivity contribution in [2.45, 2.75) is 6.04 Å². The molecule has 0 unspecified atom stereocenters. The lowest BCUT2D eigenvalue weighted by Crippen LogP contribution is -2.12. The van der Waals surface area contributed by atoms with Crippen molar-refractivity contribution in [1.82, 2.24) is 0 Å². The molecular weight excluding hydrogens is 219 g/mol. The van der Waals surface area contributed by atoms with E-state index in [1.54, 1.807) is 0 Å². The third kappa shape index (κ3) is 3.10. The van der Waals surface area contributed by atoms with Gasteiger partial charge in [0.05, 0.1) is 6.04 Å². The first-order valence-corrected chi connectivity index (χ1v) is 3.79. The van der Waals surface area contributed by atoms with E-state index in [0.717, 1.165) is 6.07 Å². The zero-order valence-corrected chi connectivity index (χ0v) is 8.21. The van der Waals surface area contributed by atoms with Crippen LogP contribution in [-0.4, -0.2) is 6.67 Å². The average molecular weight is 228 g/mol. The van der Waals surface area contributed by atoms with Gasteiger partial charge in [-0.25, -0.2) is 8.78 Å². The van der Waals surface area contributed by atoms with E-state index in [1.165, 1.54) is 12.1 Å². The SMILES string of the molecule is Cl.N[C@H](CF)c1cc(F)ccc1Cl. The maximum Gasteiger partial charge on any atom is 0.123 e. The number of benzene rings is 1. The molecule has 0 saturated carbocycles. The number of nitrogens with two attached hydrogens (primary N) is 1. The molecule has 2 N–H and O–H groups in total. The van der Waals surface area contributed by atoms with Crippen LogP contribution in [-0.2, 0) is 0 Å². The van der Waals surface area contributed by atoms with Crippen LogP contribution >= 0.6 is 24.0 Å². The van der Waals surface area contributed by atoms with Crippen molar-refractivity contribution in [2.24, 2.45) is 5.73 Å². The van der Waals surface area contributed by atoms with Gasteiger partial charge in [0.2, 0.25) is 0 Å². The summed E-state index contributed by atoms with van der Waals surface area (Å²) < 4.78 is 24.7. The van der Waals surface area contributed by atoms with Crippen molar-refractivity contribution in [3.63, 3.8) is 0 Å². The Morgan fingerprint density at radius 1 is 1.46 bits per heavy atom. The normalized spacial score (nSPS) is 12.0. The molecule has 1 nitrogen and oxygen atoms in total. The summed E-state index contributed by atoms with van der Waals surface area (Å²) >= 11 is 5.66. The fraction of sp³-hybridized carbons (Fsp3) is 0.250. The predicted octanol–water partition coefficient (Wildman–Crippen LogP) is 2.87. The number of hydrogen-bond donors (Lipinski definition) is 1. The highest BCUT2D eigenvalue weighted by Crippen LogP contribution is 2.22. The molecule has 13 heavy (non-hydrogen) atoms. The molecule has 0 bridgehead atoms. The summed E-state index contributed by atoms with van der Waals surface area (Å²) in [7, 11) is 0. The highest BCUT2D eigenvalue weighted by atomic mass is 35.5. The summed E-state index contributed by atoms with van der Waals surface area (Å²) in [5.41, 5.74) is 5.64. The second kappa shape index (κ2) is 5.37. The van der Waals surface area contributed by atoms with E-state index >= 15 is 0 Å². The fourth-order valence-corrected chi connectivity index (χ4v) is 1.14. The topological polar surface area (TPSA) is 26.0 Å². The van der Waals surface area contributed by atoms with Crippen LogP contribution in [0, 0.1) is 5.82 Å². The molecule has 0 aliphatic rings. The van der Waals surface area contributed by atoms with E-state index in [-0.39, 0.29) is 12.4 Å². The maximum absolute atomic E-state index is 12.6. The zero-order chi connectivity index (χ0) is 9.14. The van der Waals surface area contributed by atoms with Crippen molar-refractivity contribution < 1.29 is 8.78 Å². The minimum Gasteiger partial charge on any atom is -0.322 e. The van der Waals surface area contributed by atoms with Crippen molar-refractivity contribution in [1.29, 1.82) is 0 Å². The van der Waals surface area contributed by atoms with Crippen LogP contribution in [0.5, 0.6) is 0 Å². The van der Waals surface area contributed by atoms with E-state index in [1.807, 2.05) is 0 Å². The summed E-state index contributed by atoms with van der Waals surface area (Å²) in [6, 6.07) is 2.87. The van der Waals surface area contributed by atoms with Crippen molar-refractivity contribution >= 4 is 24.0 Å². The number of rotatable bonds is 2. The van der Waals surface area contributed by atoms with Gasteiger partial charge in [-0.3, -0.25) is 0 Å². The molecule has 0 aliphatic carbocycles. The standard InChI is InChI=1S/C8H8ClF2N.ClH/c9-7-2-1-5(11)3-6(7)8(12)4-10;/h1-3,8H,4,12H2;1H/t8-;/m1./s1. The first-order chi connectivity index (χ1) is 5.65. The Kier molecular flexibility index (Phi) is 5.21. The molecule has 0 spiro atoms. The second-order valence-electron chi connectivity index (χ2n) is 2.43. The summed E-state index contributed by atoms with van der Waals surface area (Å²) in [5.74, 6) is -0.460. The summed E-state index contributed by atoms with van der Waals surface area (Å²) in [6.45, 7) is -0.747. The Bertz CT molecular complexity index is 281. The molecule has 74 valence electrons. The van der Waals surface area contributed by atoms with Crippen LogP contribution in [0.1, 0.15) is 11.6 Å². The zero-order valence-electron chi connectivity index (χ0n) is 6.64. The van der Waals surface area contributed by atoms with Gasteiger partial charge in [0, 0.05) is 5.02 Å². The fourth-order valence-electron chi connectivity index (χ4n) is 0.882. The highest BCUT2D eigenvalue weighted by molar-refractivity contribution is 6.31. The molecule has 1 rings (SSSR count). The minimum absolute atomic E-state index is 0. The van der Waals surface area contributed by atoms with Crippen LogP contribution in [0.3, 0.4) is 0 Å². The van der Waals surface area contributed by atoms with Crippen LogP contribution in [0.2, 0.25) is 5.02 Å². The lowest BCUT2D eigenvalue weighted by molar-refractivity contribution is 0.436. The molecule has 0 heterocycles. The molecule has 1 atom stereocenters. The average Bonchev–Trinajstić information content (AvgIpc) is 2.08. The molecule has 1 aromatic rings. The Morgan fingerprint density at radius 3 is 2.62 bits per heavy atom. The second-order valence-corrected chi connectivity index (χ2v) is 2.83. The highest BCUT2D eigenvalue weighted by Gasteiger charge is 2.10. The number of alkyl halides is 1. The smallest absolute Gasteiger partial charge is 0.123 e. The predicted molar refractivity (Wildman–Crippen MR) is 51.6 cm³/mol. The Morgan fingerprint density at radius 2 is 2.08 bits per heavy atom. The molecule has 5 heteroatoms. The maximum atomic E-state index is 12.6. The molecule has 0 fully saturated rings. The molecule has 0 amide bonds. The molecule has 1 aromatic carbocycles. The Labute approximate surface area is 86.3 Å². The van der Waals surface area contributed by atoms with E-state index in [9.17, 15) is 8.78 Å². The molecule has 0 saturated heterocycles. The quantitative estimate of drug-likeness (QED) is 0.827. The van der Waals surface area contributed by atoms with Crippen LogP contribution < -0.4 is 5.73 Å². The summed E-state index contributed by atoms with van der Waals surface area (Å²) in [5, 5.41) is 0.293. The van der Waals surface area contributed by atoms with Gasteiger partial charge in [-0.15, -0.1) is 12.4 Å². The van der Waals surface area contributed by atoms with E-state index in [0.29, 0.717) is 10.6 Å².